The number of ether oxygens (including phenoxy) is 2. The lowest BCUT2D eigenvalue weighted by molar-refractivity contribution is -0.124. The number of carbonyl (C=O) groups is 1. The van der Waals surface area contributed by atoms with Crippen LogP contribution in [0.4, 0.5) is 0 Å². The van der Waals surface area contributed by atoms with Crippen LogP contribution in [0.1, 0.15) is 77.0 Å². The van der Waals surface area contributed by atoms with Crippen LogP contribution in [0.2, 0.25) is 0 Å². The van der Waals surface area contributed by atoms with Gasteiger partial charge in [-0.15, -0.1) is 0 Å². The van der Waals surface area contributed by atoms with E-state index in [1.807, 2.05) is 0 Å². The summed E-state index contributed by atoms with van der Waals surface area (Å²) >= 11 is 0. The number of hydrogen-bond donors (Lipinski definition) is 2. The molecule has 0 spiro atoms. The van der Waals surface area contributed by atoms with Crippen LogP contribution in [0.15, 0.2) is 11.5 Å². The summed E-state index contributed by atoms with van der Waals surface area (Å²) in [6.45, 7) is 4.12. The van der Waals surface area contributed by atoms with E-state index < -0.39 is 6.10 Å². The van der Waals surface area contributed by atoms with Crippen LogP contribution in [-0.2, 0) is 14.3 Å². The Morgan fingerprint density at radius 3 is 2.41 bits per heavy atom. The van der Waals surface area contributed by atoms with Crippen LogP contribution in [0.3, 0.4) is 0 Å². The summed E-state index contributed by atoms with van der Waals surface area (Å²) in [7, 11) is 0. The van der Waals surface area contributed by atoms with E-state index >= 15 is 0 Å². The highest BCUT2D eigenvalue weighted by molar-refractivity contribution is 5.76. The molecule has 0 aromatic rings. The van der Waals surface area contributed by atoms with Gasteiger partial charge in [0.05, 0.1) is 12.1 Å². The van der Waals surface area contributed by atoms with Crippen molar-refractivity contribution >= 4 is 5.91 Å². The molecule has 0 radical (unpaired) electrons. The van der Waals surface area contributed by atoms with E-state index in [0.717, 1.165) is 62.3 Å². The molecule has 6 nitrogen and oxygen atoms in total. The predicted octanol–water partition coefficient (Wildman–Crippen LogP) is 3.59. The summed E-state index contributed by atoms with van der Waals surface area (Å²) in [6, 6.07) is -0.207. The maximum atomic E-state index is 13.1. The third-order valence-corrected chi connectivity index (χ3v) is 8.84. The topological polar surface area (TPSA) is 71.0 Å². The van der Waals surface area contributed by atoms with Crippen molar-refractivity contribution in [3.8, 4) is 0 Å². The van der Waals surface area contributed by atoms with Gasteiger partial charge in [-0.25, -0.2) is 0 Å². The number of aliphatic hydroxyl groups is 1. The number of carbonyl (C=O) groups excluding carboxylic acids is 1. The van der Waals surface area contributed by atoms with Crippen LogP contribution in [0, 0.1) is 23.7 Å². The minimum Gasteiger partial charge on any atom is -0.491 e. The lowest BCUT2D eigenvalue weighted by atomic mass is 9.82. The number of rotatable bonds is 7. The Hall–Kier alpha value is -1.27. The molecular formula is C26H42N2O4. The third kappa shape index (κ3) is 5.27. The second kappa shape index (κ2) is 10.3. The van der Waals surface area contributed by atoms with E-state index in [1.54, 1.807) is 0 Å². The summed E-state index contributed by atoms with van der Waals surface area (Å²) in [5.41, 5.74) is 0. The summed E-state index contributed by atoms with van der Waals surface area (Å²) in [5.74, 6) is 4.39. The number of allylic oxidation sites excluding steroid dienone is 2. The van der Waals surface area contributed by atoms with Crippen molar-refractivity contribution in [2.45, 2.75) is 89.2 Å². The average molecular weight is 447 g/mol. The Morgan fingerprint density at radius 1 is 1.00 bits per heavy atom. The molecule has 3 unspecified atom stereocenters. The minimum absolute atomic E-state index is 0.109. The molecule has 3 fully saturated rings. The number of hydrogen-bond acceptors (Lipinski definition) is 5. The van der Waals surface area contributed by atoms with E-state index in [9.17, 15) is 9.90 Å². The molecule has 0 bridgehead atoms. The molecule has 2 aliphatic heterocycles. The zero-order chi connectivity index (χ0) is 21.9. The highest BCUT2D eigenvalue weighted by atomic mass is 16.6. The molecule has 2 heterocycles. The van der Waals surface area contributed by atoms with E-state index in [0.29, 0.717) is 25.6 Å². The molecule has 5 rings (SSSR count). The third-order valence-electron chi connectivity index (χ3n) is 8.84. The fourth-order valence-electron chi connectivity index (χ4n) is 7.19. The van der Waals surface area contributed by atoms with Crippen LogP contribution < -0.4 is 5.32 Å². The largest absolute Gasteiger partial charge is 0.491 e. The van der Waals surface area contributed by atoms with Crippen LogP contribution in [-0.4, -0.2) is 60.9 Å². The summed E-state index contributed by atoms with van der Waals surface area (Å²) in [5, 5.41) is 14.7. The van der Waals surface area contributed by atoms with Crippen LogP contribution in [0.5, 0.6) is 0 Å². The first-order valence-corrected chi connectivity index (χ1v) is 13.3. The molecule has 180 valence electrons. The maximum absolute atomic E-state index is 13.1. The molecule has 5 atom stereocenters. The van der Waals surface area contributed by atoms with Crippen molar-refractivity contribution in [2.75, 3.05) is 32.8 Å². The van der Waals surface area contributed by atoms with Gasteiger partial charge >= 0.3 is 0 Å². The lowest BCUT2D eigenvalue weighted by Gasteiger charge is -2.37. The monoisotopic (exact) mass is 446 g/mol. The summed E-state index contributed by atoms with van der Waals surface area (Å²) in [6.07, 6.45) is 12.9. The molecule has 3 aliphatic carbocycles. The molecule has 2 saturated carbocycles. The van der Waals surface area contributed by atoms with Gasteiger partial charge in [0.25, 0.3) is 0 Å². The standard InChI is InChI=1S/C26H42N2O4/c29-25(15-18-13-19-5-1-2-6-20(19)14-18)27-22(17-28-9-3-4-10-28)26(30)21-7-8-23-24(16-21)32-12-11-31-23/h18-22,26,30H,1-17H2,(H,27,29)/t18?,19?,20?,21?,22-,26-/m1/s1. The summed E-state index contributed by atoms with van der Waals surface area (Å²) in [4.78, 5) is 15.5. The van der Waals surface area contributed by atoms with Gasteiger partial charge in [0.1, 0.15) is 24.7 Å². The summed E-state index contributed by atoms with van der Waals surface area (Å²) < 4.78 is 11.6. The molecule has 32 heavy (non-hydrogen) atoms. The van der Waals surface area contributed by atoms with Crippen molar-refractivity contribution < 1.29 is 19.4 Å². The zero-order valence-corrected chi connectivity index (χ0v) is 19.6. The molecule has 2 N–H and O–H groups in total. The molecule has 5 aliphatic rings. The first-order chi connectivity index (χ1) is 15.7. The van der Waals surface area contributed by atoms with Crippen molar-refractivity contribution in [2.24, 2.45) is 23.7 Å². The van der Waals surface area contributed by atoms with Gasteiger partial charge in [0.15, 0.2) is 0 Å². The van der Waals surface area contributed by atoms with Crippen molar-refractivity contribution in [3.05, 3.63) is 11.5 Å². The van der Waals surface area contributed by atoms with Crippen LogP contribution >= 0.6 is 0 Å². The predicted molar refractivity (Wildman–Crippen MR) is 123 cm³/mol. The molecule has 1 amide bonds. The SMILES string of the molecule is O=C(CC1CC2CCCCC2C1)N[C@H](CN1CCCC1)[C@H](O)C1CCC2=C(C1)OCCO2. The molecule has 0 aromatic carbocycles. The minimum atomic E-state index is -0.551. The molecule has 0 aromatic heterocycles. The fourth-order valence-corrected chi connectivity index (χ4v) is 7.19. The van der Waals surface area contributed by atoms with Gasteiger partial charge in [-0.1, -0.05) is 25.7 Å². The van der Waals surface area contributed by atoms with Crippen molar-refractivity contribution in [3.63, 3.8) is 0 Å². The zero-order valence-electron chi connectivity index (χ0n) is 19.6. The number of fused-ring (bicyclic) bond motifs is 1. The Balaban J connectivity index is 1.19. The maximum Gasteiger partial charge on any atom is 0.220 e. The molecular weight excluding hydrogens is 404 g/mol. The van der Waals surface area contributed by atoms with Crippen molar-refractivity contribution in [1.29, 1.82) is 0 Å². The number of likely N-dealkylation sites (tertiary alicyclic amines) is 1. The second-order valence-electron chi connectivity index (χ2n) is 11.1. The van der Waals surface area contributed by atoms with Gasteiger partial charge in [-0.3, -0.25) is 4.79 Å². The van der Waals surface area contributed by atoms with Gasteiger partial charge < -0.3 is 24.8 Å². The second-order valence-corrected chi connectivity index (χ2v) is 11.1. The van der Waals surface area contributed by atoms with E-state index in [2.05, 4.69) is 10.2 Å². The van der Waals surface area contributed by atoms with Gasteiger partial charge in [-0.05, 0) is 68.9 Å². The molecule has 1 saturated heterocycles. The van der Waals surface area contributed by atoms with E-state index in [4.69, 9.17) is 9.47 Å². The van der Waals surface area contributed by atoms with Gasteiger partial charge in [-0.2, -0.15) is 0 Å². The molecule has 6 heteroatoms. The highest BCUT2D eigenvalue weighted by Crippen LogP contribution is 2.46. The first-order valence-electron chi connectivity index (χ1n) is 13.3. The van der Waals surface area contributed by atoms with Gasteiger partial charge in [0.2, 0.25) is 5.91 Å². The highest BCUT2D eigenvalue weighted by Gasteiger charge is 2.38. The lowest BCUT2D eigenvalue weighted by Crippen LogP contribution is -2.53. The number of amides is 1. The van der Waals surface area contributed by atoms with E-state index in [1.165, 1.54) is 51.4 Å². The van der Waals surface area contributed by atoms with Gasteiger partial charge in [0, 0.05) is 25.8 Å². The van der Waals surface area contributed by atoms with Crippen molar-refractivity contribution in [1.82, 2.24) is 10.2 Å². The quantitative estimate of drug-likeness (QED) is 0.625. The normalized spacial score (nSPS) is 34.8. The number of nitrogens with one attached hydrogen (secondary N) is 1. The smallest absolute Gasteiger partial charge is 0.220 e. The Kier molecular flexibility index (Phi) is 7.27. The number of nitrogens with zero attached hydrogens (tertiary/aromatic N) is 1. The average Bonchev–Trinajstić information content (AvgIpc) is 3.47. The van der Waals surface area contributed by atoms with Crippen LogP contribution in [0.25, 0.3) is 0 Å². The number of aliphatic hydroxyl groups excluding tert-OH is 1. The fraction of sp³-hybridized carbons (Fsp3) is 0.885. The van der Waals surface area contributed by atoms with E-state index in [-0.39, 0.29) is 17.9 Å². The Labute approximate surface area is 193 Å². The Bertz CT molecular complexity index is 675. The first kappa shape index (κ1) is 22.5. The Morgan fingerprint density at radius 2 is 1.69 bits per heavy atom.